The highest BCUT2D eigenvalue weighted by Crippen LogP contribution is 2.27. The molecule has 4 heteroatoms. The van der Waals surface area contributed by atoms with E-state index in [-0.39, 0.29) is 12.3 Å². The van der Waals surface area contributed by atoms with Gasteiger partial charge in [-0.05, 0) is 35.9 Å². The summed E-state index contributed by atoms with van der Waals surface area (Å²) < 4.78 is 2.00. The monoisotopic (exact) mass is 251 g/mol. The Morgan fingerprint density at radius 3 is 2.74 bits per heavy atom. The molecule has 0 bridgehead atoms. The highest BCUT2D eigenvalue weighted by molar-refractivity contribution is 5.82. The van der Waals surface area contributed by atoms with Crippen molar-refractivity contribution in [1.82, 2.24) is 9.38 Å². The molecule has 0 aliphatic heterocycles. The van der Waals surface area contributed by atoms with E-state index in [0.29, 0.717) is 0 Å². The largest absolute Gasteiger partial charge is 0.369 e. The number of nitrogens with two attached hydrogens (primary N) is 1. The van der Waals surface area contributed by atoms with Crippen molar-refractivity contribution in [3.63, 3.8) is 0 Å². The molecule has 1 amide bonds. The fraction of sp³-hybridized carbons (Fsp3) is 0.0667. The summed E-state index contributed by atoms with van der Waals surface area (Å²) in [4.78, 5) is 15.3. The van der Waals surface area contributed by atoms with E-state index in [9.17, 15) is 4.79 Å². The highest BCUT2D eigenvalue weighted by Gasteiger charge is 2.13. The molecule has 0 aromatic carbocycles. The number of hydrogen-bond donors (Lipinski definition) is 1. The maximum atomic E-state index is 11.3. The third-order valence-electron chi connectivity index (χ3n) is 3.12. The van der Waals surface area contributed by atoms with Crippen LogP contribution in [0.3, 0.4) is 0 Å². The first-order chi connectivity index (χ1) is 9.25. The van der Waals surface area contributed by atoms with Crippen molar-refractivity contribution in [3.8, 4) is 11.1 Å². The van der Waals surface area contributed by atoms with Crippen LogP contribution < -0.4 is 5.73 Å². The molecule has 19 heavy (non-hydrogen) atoms. The summed E-state index contributed by atoms with van der Waals surface area (Å²) in [5, 5.41) is 0. The Balaban J connectivity index is 2.26. The Kier molecular flexibility index (Phi) is 2.76. The van der Waals surface area contributed by atoms with Crippen LogP contribution in [0.2, 0.25) is 0 Å². The molecule has 3 rings (SSSR count). The van der Waals surface area contributed by atoms with Crippen molar-refractivity contribution >= 4 is 11.4 Å². The van der Waals surface area contributed by atoms with E-state index in [2.05, 4.69) is 11.1 Å². The van der Waals surface area contributed by atoms with Gasteiger partial charge in [-0.3, -0.25) is 9.78 Å². The fourth-order valence-electron chi connectivity index (χ4n) is 2.31. The fourth-order valence-corrected chi connectivity index (χ4v) is 2.31. The SMILES string of the molecule is NC(=O)Cc1c(-c2ccncc2)cc2ccccn12. The zero-order valence-corrected chi connectivity index (χ0v) is 10.3. The van der Waals surface area contributed by atoms with Crippen molar-refractivity contribution in [2.24, 2.45) is 5.73 Å². The quantitative estimate of drug-likeness (QED) is 0.774. The van der Waals surface area contributed by atoms with E-state index in [1.54, 1.807) is 12.4 Å². The van der Waals surface area contributed by atoms with Gasteiger partial charge < -0.3 is 10.1 Å². The summed E-state index contributed by atoms with van der Waals surface area (Å²) in [7, 11) is 0. The first-order valence-corrected chi connectivity index (χ1v) is 6.03. The zero-order chi connectivity index (χ0) is 13.2. The van der Waals surface area contributed by atoms with Crippen molar-refractivity contribution in [2.45, 2.75) is 6.42 Å². The maximum absolute atomic E-state index is 11.3. The lowest BCUT2D eigenvalue weighted by molar-refractivity contribution is -0.117. The summed E-state index contributed by atoms with van der Waals surface area (Å²) in [5.41, 5.74) is 9.37. The number of carbonyl (C=O) groups excluding carboxylic acids is 1. The molecule has 3 heterocycles. The van der Waals surface area contributed by atoms with Crippen molar-refractivity contribution in [1.29, 1.82) is 0 Å². The second-order valence-electron chi connectivity index (χ2n) is 4.38. The van der Waals surface area contributed by atoms with Gasteiger partial charge in [0.2, 0.25) is 5.91 Å². The number of aromatic nitrogens is 2. The van der Waals surface area contributed by atoms with Crippen molar-refractivity contribution in [2.75, 3.05) is 0 Å². The standard InChI is InChI=1S/C15H13N3O/c16-15(19)10-14-13(11-4-6-17-7-5-11)9-12-3-1-2-8-18(12)14/h1-9H,10H2,(H2,16,19). The van der Waals surface area contributed by atoms with E-state index in [1.807, 2.05) is 40.9 Å². The number of carbonyl (C=O) groups is 1. The van der Waals surface area contributed by atoms with Crippen LogP contribution in [0, 0.1) is 0 Å². The van der Waals surface area contributed by atoms with Crippen LogP contribution in [0.25, 0.3) is 16.6 Å². The smallest absolute Gasteiger partial charge is 0.223 e. The second kappa shape index (κ2) is 4.57. The molecule has 0 atom stereocenters. The summed E-state index contributed by atoms with van der Waals surface area (Å²) in [6.07, 6.45) is 5.64. The number of amides is 1. The van der Waals surface area contributed by atoms with Crippen LogP contribution >= 0.6 is 0 Å². The first kappa shape index (κ1) is 11.5. The third-order valence-corrected chi connectivity index (χ3v) is 3.12. The van der Waals surface area contributed by atoms with Crippen molar-refractivity contribution < 1.29 is 4.79 Å². The summed E-state index contributed by atoms with van der Waals surface area (Å²) in [5.74, 6) is -0.334. The molecular formula is C15H13N3O. The molecule has 3 aromatic heterocycles. The summed E-state index contributed by atoms with van der Waals surface area (Å²) in [6, 6.07) is 11.8. The number of fused-ring (bicyclic) bond motifs is 1. The van der Waals surface area contributed by atoms with Gasteiger partial charge >= 0.3 is 0 Å². The van der Waals surface area contributed by atoms with E-state index >= 15 is 0 Å². The number of pyridine rings is 2. The summed E-state index contributed by atoms with van der Waals surface area (Å²) in [6.45, 7) is 0. The Morgan fingerprint density at radius 2 is 2.00 bits per heavy atom. The summed E-state index contributed by atoms with van der Waals surface area (Å²) >= 11 is 0. The minimum absolute atomic E-state index is 0.218. The predicted octanol–water partition coefficient (Wildman–Crippen LogP) is 2.03. The molecule has 0 aliphatic rings. The molecule has 3 aromatic rings. The Hall–Kier alpha value is -2.62. The van der Waals surface area contributed by atoms with Crippen LogP contribution in [0.1, 0.15) is 5.69 Å². The Morgan fingerprint density at radius 1 is 1.21 bits per heavy atom. The normalized spacial score (nSPS) is 10.7. The zero-order valence-electron chi connectivity index (χ0n) is 10.3. The highest BCUT2D eigenvalue weighted by atomic mass is 16.1. The van der Waals surface area contributed by atoms with Crippen LogP contribution in [0.5, 0.6) is 0 Å². The van der Waals surface area contributed by atoms with Crippen LogP contribution in [0.4, 0.5) is 0 Å². The molecule has 94 valence electrons. The first-order valence-electron chi connectivity index (χ1n) is 6.03. The molecule has 0 aliphatic carbocycles. The molecule has 0 saturated carbocycles. The number of rotatable bonds is 3. The average Bonchev–Trinajstić information content (AvgIpc) is 2.78. The number of primary amides is 1. The van der Waals surface area contributed by atoms with Crippen LogP contribution in [-0.4, -0.2) is 15.3 Å². The molecule has 0 unspecified atom stereocenters. The van der Waals surface area contributed by atoms with Gasteiger partial charge in [0.25, 0.3) is 0 Å². The van der Waals surface area contributed by atoms with E-state index in [4.69, 9.17) is 5.73 Å². The maximum Gasteiger partial charge on any atom is 0.223 e. The van der Waals surface area contributed by atoms with Gasteiger partial charge in [-0.2, -0.15) is 0 Å². The van der Waals surface area contributed by atoms with Crippen LogP contribution in [0.15, 0.2) is 55.0 Å². The average molecular weight is 251 g/mol. The van der Waals surface area contributed by atoms with Gasteiger partial charge in [-0.15, -0.1) is 0 Å². The molecule has 2 N–H and O–H groups in total. The van der Waals surface area contributed by atoms with Crippen LogP contribution in [-0.2, 0) is 11.2 Å². The molecule has 0 radical (unpaired) electrons. The molecular weight excluding hydrogens is 238 g/mol. The number of nitrogens with zero attached hydrogens (tertiary/aromatic N) is 2. The molecule has 0 saturated heterocycles. The van der Waals surface area contributed by atoms with E-state index in [1.165, 1.54) is 0 Å². The van der Waals surface area contributed by atoms with Gasteiger partial charge in [0, 0.05) is 35.4 Å². The van der Waals surface area contributed by atoms with Gasteiger partial charge in [-0.1, -0.05) is 6.07 Å². The van der Waals surface area contributed by atoms with Gasteiger partial charge in [0.1, 0.15) is 0 Å². The van der Waals surface area contributed by atoms with Gasteiger partial charge in [0.15, 0.2) is 0 Å². The topological polar surface area (TPSA) is 60.4 Å². The molecule has 0 fully saturated rings. The Labute approximate surface area is 110 Å². The lowest BCUT2D eigenvalue weighted by Gasteiger charge is -2.04. The minimum Gasteiger partial charge on any atom is -0.369 e. The van der Waals surface area contributed by atoms with Crippen molar-refractivity contribution in [3.05, 3.63) is 60.7 Å². The lowest BCUT2D eigenvalue weighted by Crippen LogP contribution is -2.15. The minimum atomic E-state index is -0.334. The second-order valence-corrected chi connectivity index (χ2v) is 4.38. The lowest BCUT2D eigenvalue weighted by atomic mass is 10.1. The Bertz CT molecular complexity index is 731. The number of hydrogen-bond acceptors (Lipinski definition) is 2. The van der Waals surface area contributed by atoms with Gasteiger partial charge in [0.05, 0.1) is 6.42 Å². The van der Waals surface area contributed by atoms with E-state index < -0.39 is 0 Å². The molecule has 4 nitrogen and oxygen atoms in total. The van der Waals surface area contributed by atoms with E-state index in [0.717, 1.165) is 22.3 Å². The van der Waals surface area contributed by atoms with Gasteiger partial charge in [-0.25, -0.2) is 0 Å². The third kappa shape index (κ3) is 2.08. The molecule has 0 spiro atoms. The predicted molar refractivity (Wildman–Crippen MR) is 73.5 cm³/mol.